The highest BCUT2D eigenvalue weighted by Gasteiger charge is 2.10. The third-order valence-electron chi connectivity index (χ3n) is 4.53. The minimum atomic E-state index is -0.382. The fourth-order valence-electron chi connectivity index (χ4n) is 3.10. The van der Waals surface area contributed by atoms with Crippen LogP contribution in [-0.4, -0.2) is 30.5 Å². The average molecular weight is 356 g/mol. The third kappa shape index (κ3) is 5.85. The molecule has 4 nitrogen and oxygen atoms in total. The quantitative estimate of drug-likeness (QED) is 0.825. The zero-order valence-electron chi connectivity index (χ0n) is 14.9. The summed E-state index contributed by atoms with van der Waals surface area (Å²) in [6, 6.07) is 14.1. The van der Waals surface area contributed by atoms with E-state index in [1.807, 2.05) is 12.1 Å². The normalized spacial score (nSPS) is 14.8. The van der Waals surface area contributed by atoms with Crippen LogP contribution in [0, 0.1) is 5.82 Å². The number of carbonyl (C=O) groups is 1. The van der Waals surface area contributed by atoms with Crippen molar-refractivity contribution in [3.8, 4) is 5.75 Å². The zero-order chi connectivity index (χ0) is 18.2. The second kappa shape index (κ2) is 9.34. The molecule has 1 heterocycles. The van der Waals surface area contributed by atoms with Gasteiger partial charge in [0.05, 0.1) is 0 Å². The molecule has 0 spiro atoms. The number of hydrogen-bond donors (Lipinski definition) is 1. The number of benzene rings is 2. The molecule has 5 heteroatoms. The fraction of sp³-hybridized carbons (Fsp3) is 0.381. The minimum Gasteiger partial charge on any atom is -0.484 e. The van der Waals surface area contributed by atoms with E-state index in [1.165, 1.54) is 50.0 Å². The number of halogens is 1. The number of amides is 1. The van der Waals surface area contributed by atoms with Gasteiger partial charge in [0.2, 0.25) is 0 Å². The Balaban J connectivity index is 1.40. The maximum absolute atomic E-state index is 13.1. The van der Waals surface area contributed by atoms with E-state index in [0.29, 0.717) is 12.3 Å². The van der Waals surface area contributed by atoms with Crippen molar-refractivity contribution in [1.29, 1.82) is 0 Å². The summed E-state index contributed by atoms with van der Waals surface area (Å²) in [5, 5.41) is 2.82. The Bertz CT molecular complexity index is 712. The van der Waals surface area contributed by atoms with Crippen LogP contribution in [0.15, 0.2) is 48.5 Å². The lowest BCUT2D eigenvalue weighted by molar-refractivity contribution is -0.123. The molecule has 0 atom stereocenters. The Kier molecular flexibility index (Phi) is 6.61. The van der Waals surface area contributed by atoms with Gasteiger partial charge in [0.1, 0.15) is 11.6 Å². The number of nitrogens with zero attached hydrogens (tertiary/aromatic N) is 1. The monoisotopic (exact) mass is 356 g/mol. The summed E-state index contributed by atoms with van der Waals surface area (Å²) >= 11 is 0. The molecule has 1 saturated heterocycles. The molecule has 0 bridgehead atoms. The number of nitrogens with one attached hydrogen (secondary N) is 1. The lowest BCUT2D eigenvalue weighted by Crippen LogP contribution is -2.29. The van der Waals surface area contributed by atoms with Gasteiger partial charge in [0, 0.05) is 19.2 Å². The van der Waals surface area contributed by atoms with Gasteiger partial charge in [0.15, 0.2) is 6.61 Å². The standard InChI is InChI=1S/C21H25FN2O2/c22-19-5-4-6-20(13-19)26-16-21(25)23-14-17-7-9-18(10-8-17)15-24-11-2-1-3-12-24/h4-10,13H,1-3,11-12,14-16H2,(H,23,25). The van der Waals surface area contributed by atoms with Crippen molar-refractivity contribution in [2.24, 2.45) is 0 Å². The number of ether oxygens (including phenoxy) is 1. The molecule has 2 aromatic rings. The van der Waals surface area contributed by atoms with Crippen LogP contribution in [0.25, 0.3) is 0 Å². The number of rotatable bonds is 7. The SMILES string of the molecule is O=C(COc1cccc(F)c1)NCc1ccc(CN2CCCCC2)cc1. The van der Waals surface area contributed by atoms with E-state index in [0.717, 1.165) is 12.1 Å². The topological polar surface area (TPSA) is 41.6 Å². The summed E-state index contributed by atoms with van der Waals surface area (Å²) in [5.74, 6) is -0.263. The van der Waals surface area contributed by atoms with Gasteiger partial charge < -0.3 is 10.1 Å². The first-order valence-corrected chi connectivity index (χ1v) is 9.14. The fourth-order valence-corrected chi connectivity index (χ4v) is 3.10. The number of likely N-dealkylation sites (tertiary alicyclic amines) is 1. The Hall–Kier alpha value is -2.40. The van der Waals surface area contributed by atoms with Crippen LogP contribution in [0.1, 0.15) is 30.4 Å². The van der Waals surface area contributed by atoms with Crippen LogP contribution < -0.4 is 10.1 Å². The molecule has 1 aliphatic rings. The molecular weight excluding hydrogens is 331 g/mol. The summed E-state index contributed by atoms with van der Waals surface area (Å²) in [4.78, 5) is 14.4. The Morgan fingerprint density at radius 1 is 1.04 bits per heavy atom. The smallest absolute Gasteiger partial charge is 0.258 e. The van der Waals surface area contributed by atoms with E-state index in [9.17, 15) is 9.18 Å². The van der Waals surface area contributed by atoms with Crippen LogP contribution in [0.3, 0.4) is 0 Å². The summed E-state index contributed by atoms with van der Waals surface area (Å²) in [6.07, 6.45) is 3.93. The van der Waals surface area contributed by atoms with Gasteiger partial charge in [-0.2, -0.15) is 0 Å². The maximum atomic E-state index is 13.1. The van der Waals surface area contributed by atoms with Crippen molar-refractivity contribution in [3.05, 3.63) is 65.5 Å². The molecule has 2 aromatic carbocycles. The van der Waals surface area contributed by atoms with Crippen molar-refractivity contribution in [3.63, 3.8) is 0 Å². The van der Waals surface area contributed by atoms with Crippen molar-refractivity contribution in [2.45, 2.75) is 32.4 Å². The predicted molar refractivity (Wildman–Crippen MR) is 99.3 cm³/mol. The van der Waals surface area contributed by atoms with Crippen molar-refractivity contribution >= 4 is 5.91 Å². The van der Waals surface area contributed by atoms with Crippen LogP contribution in [0.2, 0.25) is 0 Å². The van der Waals surface area contributed by atoms with E-state index in [-0.39, 0.29) is 18.3 Å². The van der Waals surface area contributed by atoms with Crippen molar-refractivity contribution in [1.82, 2.24) is 10.2 Å². The average Bonchev–Trinajstić information content (AvgIpc) is 2.67. The molecule has 0 aromatic heterocycles. The van der Waals surface area contributed by atoms with Gasteiger partial charge >= 0.3 is 0 Å². The van der Waals surface area contributed by atoms with Gasteiger partial charge in [-0.3, -0.25) is 9.69 Å². The summed E-state index contributed by atoms with van der Waals surface area (Å²) < 4.78 is 18.3. The van der Waals surface area contributed by atoms with E-state index < -0.39 is 0 Å². The zero-order valence-corrected chi connectivity index (χ0v) is 14.9. The first kappa shape index (κ1) is 18.4. The third-order valence-corrected chi connectivity index (χ3v) is 4.53. The Morgan fingerprint density at radius 2 is 1.77 bits per heavy atom. The highest BCUT2D eigenvalue weighted by Crippen LogP contribution is 2.14. The summed E-state index contributed by atoms with van der Waals surface area (Å²) in [5.41, 5.74) is 2.35. The first-order valence-electron chi connectivity index (χ1n) is 9.14. The lowest BCUT2D eigenvalue weighted by Gasteiger charge is -2.26. The van der Waals surface area contributed by atoms with Crippen LogP contribution in [0.5, 0.6) is 5.75 Å². The number of piperidine rings is 1. The van der Waals surface area contributed by atoms with E-state index in [1.54, 1.807) is 12.1 Å². The molecule has 0 aliphatic carbocycles. The molecule has 1 fully saturated rings. The van der Waals surface area contributed by atoms with Gasteiger partial charge in [-0.1, -0.05) is 36.8 Å². The largest absolute Gasteiger partial charge is 0.484 e. The van der Waals surface area contributed by atoms with Crippen molar-refractivity contribution < 1.29 is 13.9 Å². The molecule has 138 valence electrons. The van der Waals surface area contributed by atoms with Gasteiger partial charge in [0.25, 0.3) is 5.91 Å². The highest BCUT2D eigenvalue weighted by molar-refractivity contribution is 5.77. The Morgan fingerprint density at radius 3 is 2.50 bits per heavy atom. The summed E-state index contributed by atoms with van der Waals surface area (Å²) in [7, 11) is 0. The van der Waals surface area contributed by atoms with E-state index in [2.05, 4.69) is 22.3 Å². The maximum Gasteiger partial charge on any atom is 0.258 e. The second-order valence-corrected chi connectivity index (χ2v) is 6.68. The minimum absolute atomic E-state index is 0.128. The lowest BCUT2D eigenvalue weighted by atomic mass is 10.1. The van der Waals surface area contributed by atoms with Gasteiger partial charge in [-0.05, 0) is 49.2 Å². The predicted octanol–water partition coefficient (Wildman–Crippen LogP) is 3.51. The first-order chi connectivity index (χ1) is 12.7. The van der Waals surface area contributed by atoms with Crippen LogP contribution in [0.4, 0.5) is 4.39 Å². The van der Waals surface area contributed by atoms with E-state index in [4.69, 9.17) is 4.74 Å². The number of hydrogen-bond acceptors (Lipinski definition) is 3. The molecular formula is C21H25FN2O2. The molecule has 0 radical (unpaired) electrons. The van der Waals surface area contributed by atoms with Crippen molar-refractivity contribution in [2.75, 3.05) is 19.7 Å². The molecule has 1 amide bonds. The Labute approximate surface area is 154 Å². The summed E-state index contributed by atoms with van der Waals surface area (Å²) in [6.45, 7) is 3.69. The molecule has 1 aliphatic heterocycles. The molecule has 1 N–H and O–H groups in total. The number of carbonyl (C=O) groups excluding carboxylic acids is 1. The van der Waals surface area contributed by atoms with Gasteiger partial charge in [-0.25, -0.2) is 4.39 Å². The van der Waals surface area contributed by atoms with Gasteiger partial charge in [-0.15, -0.1) is 0 Å². The second-order valence-electron chi connectivity index (χ2n) is 6.68. The van der Waals surface area contributed by atoms with Crippen LogP contribution in [-0.2, 0) is 17.9 Å². The van der Waals surface area contributed by atoms with Crippen LogP contribution >= 0.6 is 0 Å². The molecule has 0 saturated carbocycles. The molecule has 3 rings (SSSR count). The highest BCUT2D eigenvalue weighted by atomic mass is 19.1. The molecule has 26 heavy (non-hydrogen) atoms. The molecule has 0 unspecified atom stereocenters. The van der Waals surface area contributed by atoms with E-state index >= 15 is 0 Å².